The summed E-state index contributed by atoms with van der Waals surface area (Å²) in [6.45, 7) is 0. The first kappa shape index (κ1) is 20.9. The molecule has 1 aliphatic rings. The molecule has 8 heteroatoms. The molecule has 1 aliphatic heterocycles. The fraction of sp³-hybridized carbons (Fsp3) is 0.0909. The smallest absolute Gasteiger partial charge is 0.225 e. The van der Waals surface area contributed by atoms with E-state index in [1.807, 2.05) is 41.3 Å². The molecule has 0 bridgehead atoms. The van der Waals surface area contributed by atoms with Crippen molar-refractivity contribution >= 4 is 63.7 Å². The second-order valence-corrected chi connectivity index (χ2v) is 8.03. The lowest BCUT2D eigenvalue weighted by atomic mass is 10.1. The Hall–Kier alpha value is -2.31. The lowest BCUT2D eigenvalue weighted by molar-refractivity contribution is 0.196. The number of aliphatic imine (C=N–C) groups is 1. The Morgan fingerprint density at radius 1 is 0.933 bits per heavy atom. The van der Waals surface area contributed by atoms with Crippen molar-refractivity contribution < 1.29 is 9.47 Å². The third kappa shape index (κ3) is 4.25. The maximum absolute atomic E-state index is 6.31. The third-order valence-corrected chi connectivity index (χ3v) is 5.81. The third-order valence-electron chi connectivity index (χ3n) is 4.53. The van der Waals surface area contributed by atoms with Crippen molar-refractivity contribution in [1.29, 1.82) is 0 Å². The van der Waals surface area contributed by atoms with Crippen LogP contribution in [0.1, 0.15) is 17.4 Å². The highest BCUT2D eigenvalue weighted by Crippen LogP contribution is 2.35. The molecule has 0 fully saturated rings. The van der Waals surface area contributed by atoms with Crippen LogP contribution < -0.4 is 9.64 Å². The zero-order valence-corrected chi connectivity index (χ0v) is 18.8. The first-order valence-electron chi connectivity index (χ1n) is 8.90. The minimum atomic E-state index is -0.550. The van der Waals surface area contributed by atoms with Crippen molar-refractivity contribution in [3.8, 4) is 5.75 Å². The predicted molar refractivity (Wildman–Crippen MR) is 126 cm³/mol. The molecule has 0 spiro atoms. The molecule has 0 radical (unpaired) electrons. The highest BCUT2D eigenvalue weighted by Gasteiger charge is 2.32. The van der Waals surface area contributed by atoms with Gasteiger partial charge >= 0.3 is 0 Å². The Balaban J connectivity index is 1.79. The van der Waals surface area contributed by atoms with Crippen LogP contribution in [0.2, 0.25) is 15.1 Å². The number of methoxy groups -OCH3 is 1. The number of benzene rings is 3. The van der Waals surface area contributed by atoms with Gasteiger partial charge in [0.2, 0.25) is 17.2 Å². The van der Waals surface area contributed by atoms with Crippen LogP contribution in [-0.4, -0.2) is 18.1 Å². The van der Waals surface area contributed by atoms with E-state index >= 15 is 0 Å². The van der Waals surface area contributed by atoms with Gasteiger partial charge in [-0.05, 0) is 78.9 Å². The first-order chi connectivity index (χ1) is 14.5. The molecule has 4 nitrogen and oxygen atoms in total. The lowest BCUT2D eigenvalue weighted by Gasteiger charge is -2.36. The molecule has 1 atom stereocenters. The minimum absolute atomic E-state index is 0.352. The van der Waals surface area contributed by atoms with E-state index in [9.17, 15) is 0 Å². The summed E-state index contributed by atoms with van der Waals surface area (Å²) < 4.78 is 11.6. The van der Waals surface area contributed by atoms with Crippen molar-refractivity contribution in [2.75, 3.05) is 12.0 Å². The molecule has 0 saturated carbocycles. The van der Waals surface area contributed by atoms with Crippen molar-refractivity contribution in [2.45, 2.75) is 6.23 Å². The summed E-state index contributed by atoms with van der Waals surface area (Å²) in [7, 11) is 1.62. The van der Waals surface area contributed by atoms with Gasteiger partial charge in [0, 0.05) is 21.8 Å². The molecule has 0 saturated heterocycles. The van der Waals surface area contributed by atoms with Crippen LogP contribution in [-0.2, 0) is 4.74 Å². The van der Waals surface area contributed by atoms with Crippen LogP contribution in [0.15, 0.2) is 71.7 Å². The van der Waals surface area contributed by atoms with E-state index in [1.54, 1.807) is 37.4 Å². The number of anilines is 1. The molecule has 4 rings (SSSR count). The summed E-state index contributed by atoms with van der Waals surface area (Å²) in [5, 5.41) is 1.84. The normalized spacial score (nSPS) is 16.1. The van der Waals surface area contributed by atoms with Crippen LogP contribution in [0.5, 0.6) is 5.75 Å². The quantitative estimate of drug-likeness (QED) is 0.382. The van der Waals surface area contributed by atoms with Gasteiger partial charge in [0.15, 0.2) is 0 Å². The number of ether oxygens (including phenoxy) is 2. The number of hydrogen-bond acceptors (Lipinski definition) is 3. The topological polar surface area (TPSA) is 34.1 Å². The molecular weight excluding hydrogens is 463 g/mol. The Morgan fingerprint density at radius 2 is 1.63 bits per heavy atom. The number of rotatable bonds is 4. The van der Waals surface area contributed by atoms with E-state index in [2.05, 4.69) is 4.99 Å². The summed E-state index contributed by atoms with van der Waals surface area (Å²) in [6, 6.07) is 20.1. The molecule has 3 aromatic carbocycles. The predicted octanol–water partition coefficient (Wildman–Crippen LogP) is 6.92. The minimum Gasteiger partial charge on any atom is -0.497 e. The van der Waals surface area contributed by atoms with Gasteiger partial charge in [-0.2, -0.15) is 4.99 Å². The summed E-state index contributed by atoms with van der Waals surface area (Å²) >= 11 is 23.9. The molecule has 152 valence electrons. The average molecular weight is 478 g/mol. The standard InChI is InChI=1S/C22H15Cl3N2O2S/c1-28-17-9-2-13(3-10-17)21-27(16-7-5-15(23)6-8-16)22(30)26-20(29-21)14-4-11-18(24)19(25)12-14/h2-12,21H,1H3. The van der Waals surface area contributed by atoms with E-state index < -0.39 is 6.23 Å². The van der Waals surface area contributed by atoms with Gasteiger partial charge in [0.1, 0.15) is 5.75 Å². The van der Waals surface area contributed by atoms with Gasteiger partial charge in [-0.1, -0.05) is 34.8 Å². The zero-order chi connectivity index (χ0) is 21.3. The van der Waals surface area contributed by atoms with E-state index in [4.69, 9.17) is 56.5 Å². The van der Waals surface area contributed by atoms with Gasteiger partial charge in [-0.15, -0.1) is 0 Å². The van der Waals surface area contributed by atoms with Crippen LogP contribution in [0.4, 0.5) is 5.69 Å². The molecule has 0 aromatic heterocycles. The molecule has 1 heterocycles. The van der Waals surface area contributed by atoms with Gasteiger partial charge in [-0.3, -0.25) is 4.90 Å². The summed E-state index contributed by atoms with van der Waals surface area (Å²) in [4.78, 5) is 6.33. The fourth-order valence-electron chi connectivity index (χ4n) is 3.02. The van der Waals surface area contributed by atoms with E-state index in [-0.39, 0.29) is 0 Å². The van der Waals surface area contributed by atoms with Crippen LogP contribution in [0.3, 0.4) is 0 Å². The van der Waals surface area contributed by atoms with Crippen molar-refractivity contribution in [2.24, 2.45) is 4.99 Å². The van der Waals surface area contributed by atoms with Crippen LogP contribution >= 0.6 is 47.0 Å². The van der Waals surface area contributed by atoms with Gasteiger partial charge in [0.25, 0.3) is 0 Å². The average Bonchev–Trinajstić information content (AvgIpc) is 2.76. The number of thiocarbonyl (C=S) groups is 1. The van der Waals surface area contributed by atoms with Crippen LogP contribution in [0.25, 0.3) is 0 Å². The molecule has 0 N–H and O–H groups in total. The Bertz CT molecular complexity index is 1120. The van der Waals surface area contributed by atoms with E-state index in [0.717, 1.165) is 17.0 Å². The summed E-state index contributed by atoms with van der Waals surface area (Å²) in [6.07, 6.45) is -0.550. The van der Waals surface area contributed by atoms with E-state index in [1.165, 1.54) is 0 Å². The van der Waals surface area contributed by atoms with Gasteiger partial charge in [0.05, 0.1) is 17.2 Å². The van der Waals surface area contributed by atoms with Crippen LogP contribution in [0, 0.1) is 0 Å². The highest BCUT2D eigenvalue weighted by molar-refractivity contribution is 7.80. The highest BCUT2D eigenvalue weighted by atomic mass is 35.5. The number of nitrogens with zero attached hydrogens (tertiary/aromatic N) is 2. The van der Waals surface area contributed by atoms with Gasteiger partial charge in [-0.25, -0.2) is 0 Å². The Morgan fingerprint density at radius 3 is 2.27 bits per heavy atom. The summed E-state index contributed by atoms with van der Waals surface area (Å²) in [5.41, 5.74) is 2.36. The zero-order valence-electron chi connectivity index (χ0n) is 15.7. The first-order valence-corrected chi connectivity index (χ1v) is 10.4. The maximum atomic E-state index is 6.31. The molecule has 30 heavy (non-hydrogen) atoms. The van der Waals surface area contributed by atoms with E-state index in [0.29, 0.717) is 31.6 Å². The number of hydrogen-bond donors (Lipinski definition) is 0. The van der Waals surface area contributed by atoms with Crippen molar-refractivity contribution in [1.82, 2.24) is 0 Å². The second-order valence-electron chi connectivity index (χ2n) is 6.42. The molecule has 0 aliphatic carbocycles. The summed E-state index contributed by atoms with van der Waals surface area (Å²) in [5.74, 6) is 1.11. The molecule has 0 amide bonds. The maximum Gasteiger partial charge on any atom is 0.225 e. The number of halogens is 3. The second kappa shape index (κ2) is 8.82. The van der Waals surface area contributed by atoms with Gasteiger partial charge < -0.3 is 9.47 Å². The SMILES string of the molecule is COc1ccc(C2OC(c3ccc(Cl)c(Cl)c3)=NC(=S)N2c2ccc(Cl)cc2)cc1. The molecule has 3 aromatic rings. The fourth-order valence-corrected chi connectivity index (χ4v) is 3.73. The molecular formula is C22H15Cl3N2O2S. The monoisotopic (exact) mass is 476 g/mol. The largest absolute Gasteiger partial charge is 0.497 e. The van der Waals surface area contributed by atoms with Crippen molar-refractivity contribution in [3.05, 3.63) is 92.9 Å². The lowest BCUT2D eigenvalue weighted by Crippen LogP contribution is -2.40. The van der Waals surface area contributed by atoms with Crippen molar-refractivity contribution in [3.63, 3.8) is 0 Å². The molecule has 1 unspecified atom stereocenters. The Labute approximate surface area is 194 Å². The Kier molecular flexibility index (Phi) is 6.16.